The SMILES string of the molecule is CC(C)N1CC(c2ccc3c(c2)OCO3)NC1=O. The van der Waals surface area contributed by atoms with Crippen molar-refractivity contribution in [2.75, 3.05) is 13.3 Å². The zero-order chi connectivity index (χ0) is 12.7. The fraction of sp³-hybridized carbons (Fsp3) is 0.462. The summed E-state index contributed by atoms with van der Waals surface area (Å²) in [5, 5.41) is 2.98. The first-order valence-electron chi connectivity index (χ1n) is 6.12. The normalized spacial score (nSPS) is 21.6. The van der Waals surface area contributed by atoms with Crippen LogP contribution < -0.4 is 14.8 Å². The van der Waals surface area contributed by atoms with Crippen LogP contribution >= 0.6 is 0 Å². The Morgan fingerprint density at radius 2 is 2.11 bits per heavy atom. The predicted molar refractivity (Wildman–Crippen MR) is 65.7 cm³/mol. The van der Waals surface area contributed by atoms with Crippen LogP contribution in [0.4, 0.5) is 4.79 Å². The van der Waals surface area contributed by atoms with E-state index in [1.54, 1.807) is 0 Å². The molecule has 0 bridgehead atoms. The predicted octanol–water partition coefficient (Wildman–Crippen LogP) is 1.89. The van der Waals surface area contributed by atoms with Gasteiger partial charge in [-0.15, -0.1) is 0 Å². The number of rotatable bonds is 2. The van der Waals surface area contributed by atoms with E-state index in [0.29, 0.717) is 6.54 Å². The maximum Gasteiger partial charge on any atom is 0.318 e. The van der Waals surface area contributed by atoms with Gasteiger partial charge in [0.05, 0.1) is 6.04 Å². The van der Waals surface area contributed by atoms with Gasteiger partial charge in [0.2, 0.25) is 6.79 Å². The van der Waals surface area contributed by atoms with E-state index in [9.17, 15) is 4.79 Å². The van der Waals surface area contributed by atoms with Gasteiger partial charge in [-0.2, -0.15) is 0 Å². The molecule has 5 nitrogen and oxygen atoms in total. The Labute approximate surface area is 106 Å². The third-order valence-electron chi connectivity index (χ3n) is 3.36. The molecule has 2 aliphatic rings. The van der Waals surface area contributed by atoms with Crippen LogP contribution in [-0.2, 0) is 0 Å². The van der Waals surface area contributed by atoms with Gasteiger partial charge in [-0.1, -0.05) is 6.07 Å². The van der Waals surface area contributed by atoms with Crippen molar-refractivity contribution >= 4 is 6.03 Å². The minimum atomic E-state index is -0.00679. The third kappa shape index (κ3) is 1.75. The highest BCUT2D eigenvalue weighted by molar-refractivity contribution is 5.77. The van der Waals surface area contributed by atoms with Gasteiger partial charge in [0.15, 0.2) is 11.5 Å². The quantitative estimate of drug-likeness (QED) is 0.869. The largest absolute Gasteiger partial charge is 0.454 e. The Bertz CT molecular complexity index is 487. The second-order valence-electron chi connectivity index (χ2n) is 4.86. The fourth-order valence-corrected chi connectivity index (χ4v) is 2.32. The van der Waals surface area contributed by atoms with Crippen molar-refractivity contribution in [3.05, 3.63) is 23.8 Å². The number of fused-ring (bicyclic) bond motifs is 1. The van der Waals surface area contributed by atoms with Crippen molar-refractivity contribution in [1.29, 1.82) is 0 Å². The van der Waals surface area contributed by atoms with Gasteiger partial charge < -0.3 is 19.7 Å². The summed E-state index contributed by atoms with van der Waals surface area (Å²) < 4.78 is 10.6. The van der Waals surface area contributed by atoms with E-state index in [2.05, 4.69) is 5.32 Å². The van der Waals surface area contributed by atoms with Crippen LogP contribution in [0.2, 0.25) is 0 Å². The zero-order valence-electron chi connectivity index (χ0n) is 10.5. The molecule has 1 saturated heterocycles. The molecule has 18 heavy (non-hydrogen) atoms. The molecule has 2 amide bonds. The average Bonchev–Trinajstić information content (AvgIpc) is 2.93. The molecule has 0 spiro atoms. The molecule has 2 heterocycles. The Balaban J connectivity index is 1.82. The van der Waals surface area contributed by atoms with Crippen LogP contribution in [0.1, 0.15) is 25.5 Å². The summed E-state index contributed by atoms with van der Waals surface area (Å²) in [6.07, 6.45) is 0. The second kappa shape index (κ2) is 4.08. The van der Waals surface area contributed by atoms with Crippen molar-refractivity contribution in [3.8, 4) is 11.5 Å². The van der Waals surface area contributed by atoms with Gasteiger partial charge in [-0.25, -0.2) is 4.79 Å². The first kappa shape index (κ1) is 11.2. The molecular formula is C13H16N2O3. The van der Waals surface area contributed by atoms with E-state index in [1.807, 2.05) is 36.9 Å². The Morgan fingerprint density at radius 1 is 1.33 bits per heavy atom. The summed E-state index contributed by atoms with van der Waals surface area (Å²) in [4.78, 5) is 13.6. The van der Waals surface area contributed by atoms with E-state index in [0.717, 1.165) is 17.1 Å². The highest BCUT2D eigenvalue weighted by atomic mass is 16.7. The van der Waals surface area contributed by atoms with Gasteiger partial charge in [-0.3, -0.25) is 0 Å². The average molecular weight is 248 g/mol. The van der Waals surface area contributed by atoms with E-state index in [4.69, 9.17) is 9.47 Å². The number of urea groups is 1. The molecule has 3 rings (SSSR count). The second-order valence-corrected chi connectivity index (χ2v) is 4.86. The first-order chi connectivity index (χ1) is 8.65. The lowest BCUT2D eigenvalue weighted by atomic mass is 10.1. The number of nitrogens with one attached hydrogen (secondary N) is 1. The van der Waals surface area contributed by atoms with E-state index < -0.39 is 0 Å². The Kier molecular flexibility index (Phi) is 2.54. The summed E-state index contributed by atoms with van der Waals surface area (Å²) in [6.45, 7) is 4.99. The molecule has 0 radical (unpaired) electrons. The van der Waals surface area contributed by atoms with Crippen molar-refractivity contribution in [2.24, 2.45) is 0 Å². The number of hydrogen-bond acceptors (Lipinski definition) is 3. The van der Waals surface area contributed by atoms with Crippen LogP contribution in [0.3, 0.4) is 0 Å². The number of amides is 2. The molecule has 0 saturated carbocycles. The van der Waals surface area contributed by atoms with E-state index >= 15 is 0 Å². The van der Waals surface area contributed by atoms with Crippen LogP contribution in [0.25, 0.3) is 0 Å². The number of carbonyl (C=O) groups is 1. The van der Waals surface area contributed by atoms with Crippen LogP contribution in [0.5, 0.6) is 11.5 Å². The number of ether oxygens (including phenoxy) is 2. The maximum absolute atomic E-state index is 11.8. The van der Waals surface area contributed by atoms with Crippen molar-refractivity contribution < 1.29 is 14.3 Å². The molecule has 1 atom stereocenters. The third-order valence-corrected chi connectivity index (χ3v) is 3.36. The Morgan fingerprint density at radius 3 is 2.83 bits per heavy atom. The molecule has 0 aliphatic carbocycles. The van der Waals surface area contributed by atoms with Crippen LogP contribution in [-0.4, -0.2) is 30.3 Å². The lowest BCUT2D eigenvalue weighted by molar-refractivity contribution is 0.174. The van der Waals surface area contributed by atoms with E-state index in [1.165, 1.54) is 0 Å². The number of hydrogen-bond donors (Lipinski definition) is 1. The summed E-state index contributed by atoms with van der Waals surface area (Å²) >= 11 is 0. The highest BCUT2D eigenvalue weighted by Crippen LogP contribution is 2.35. The Hall–Kier alpha value is -1.91. The molecule has 1 fully saturated rings. The lowest BCUT2D eigenvalue weighted by Crippen LogP contribution is -2.33. The monoisotopic (exact) mass is 248 g/mol. The topological polar surface area (TPSA) is 50.8 Å². The highest BCUT2D eigenvalue weighted by Gasteiger charge is 2.31. The summed E-state index contributed by atoms with van der Waals surface area (Å²) in [5.41, 5.74) is 1.05. The molecule has 2 aliphatic heterocycles. The summed E-state index contributed by atoms with van der Waals surface area (Å²) in [5.74, 6) is 1.52. The lowest BCUT2D eigenvalue weighted by Gasteiger charge is -2.18. The standard InChI is InChI=1S/C13H16N2O3/c1-8(2)15-6-10(14-13(15)16)9-3-4-11-12(5-9)18-7-17-11/h3-5,8,10H,6-7H2,1-2H3,(H,14,16). The number of benzene rings is 1. The van der Waals surface area contributed by atoms with Crippen molar-refractivity contribution in [2.45, 2.75) is 25.9 Å². The molecular weight excluding hydrogens is 232 g/mol. The minimum Gasteiger partial charge on any atom is -0.454 e. The maximum atomic E-state index is 11.8. The summed E-state index contributed by atoms with van der Waals surface area (Å²) in [6, 6.07) is 6.03. The minimum absolute atomic E-state index is 0.00679. The zero-order valence-corrected chi connectivity index (χ0v) is 10.5. The molecule has 1 aromatic rings. The van der Waals surface area contributed by atoms with Gasteiger partial charge in [0, 0.05) is 12.6 Å². The molecule has 1 N–H and O–H groups in total. The number of nitrogens with zero attached hydrogens (tertiary/aromatic N) is 1. The van der Waals surface area contributed by atoms with Crippen LogP contribution in [0, 0.1) is 0 Å². The summed E-state index contributed by atoms with van der Waals surface area (Å²) in [7, 11) is 0. The van der Waals surface area contributed by atoms with Gasteiger partial charge in [0.25, 0.3) is 0 Å². The molecule has 5 heteroatoms. The fourth-order valence-electron chi connectivity index (χ4n) is 2.32. The van der Waals surface area contributed by atoms with Crippen molar-refractivity contribution in [3.63, 3.8) is 0 Å². The molecule has 1 aromatic carbocycles. The first-order valence-corrected chi connectivity index (χ1v) is 6.12. The molecule has 0 aromatic heterocycles. The molecule has 96 valence electrons. The van der Waals surface area contributed by atoms with Gasteiger partial charge >= 0.3 is 6.03 Å². The van der Waals surface area contributed by atoms with Crippen LogP contribution in [0.15, 0.2) is 18.2 Å². The smallest absolute Gasteiger partial charge is 0.318 e. The van der Waals surface area contributed by atoms with E-state index in [-0.39, 0.29) is 24.9 Å². The van der Waals surface area contributed by atoms with Gasteiger partial charge in [0.1, 0.15) is 0 Å². The number of carbonyl (C=O) groups excluding carboxylic acids is 1. The molecule has 1 unspecified atom stereocenters. The van der Waals surface area contributed by atoms with Gasteiger partial charge in [-0.05, 0) is 31.5 Å². The van der Waals surface area contributed by atoms with Crippen molar-refractivity contribution in [1.82, 2.24) is 10.2 Å².